The minimum Gasteiger partial charge on any atom is -0.307 e. The number of hydrogen-bond acceptors (Lipinski definition) is 3. The van der Waals surface area contributed by atoms with Gasteiger partial charge in [0.15, 0.2) is 5.43 Å². The van der Waals surface area contributed by atoms with Gasteiger partial charge < -0.3 is 5.32 Å². The average molecular weight is 467 g/mol. The lowest BCUT2D eigenvalue weighted by molar-refractivity contribution is 0.259. The molecule has 4 aromatic rings. The molecule has 6 nitrogen and oxygen atoms in total. The first-order chi connectivity index (χ1) is 17.0. The van der Waals surface area contributed by atoms with Crippen molar-refractivity contribution in [2.24, 2.45) is 0 Å². The monoisotopic (exact) mass is 466 g/mol. The Bertz CT molecular complexity index is 1520. The van der Waals surface area contributed by atoms with Crippen molar-refractivity contribution in [1.29, 1.82) is 0 Å². The quantitative estimate of drug-likeness (QED) is 0.378. The largest absolute Gasteiger partial charge is 0.332 e. The minimum atomic E-state index is -0.491. The Kier molecular flexibility index (Phi) is 5.97. The van der Waals surface area contributed by atoms with Crippen molar-refractivity contribution in [3.8, 4) is 0 Å². The zero-order valence-corrected chi connectivity index (χ0v) is 19.1. The van der Waals surface area contributed by atoms with Crippen LogP contribution >= 0.6 is 0 Å². The molecular formula is C28H23FN4O2. The van der Waals surface area contributed by atoms with E-state index < -0.39 is 11.8 Å². The topological polar surface area (TPSA) is 67.2 Å². The van der Waals surface area contributed by atoms with Gasteiger partial charge >= 0.3 is 6.03 Å². The molecule has 0 spiro atoms. The summed E-state index contributed by atoms with van der Waals surface area (Å²) in [5.41, 5.74) is 3.00. The van der Waals surface area contributed by atoms with Crippen LogP contribution in [0.3, 0.4) is 0 Å². The van der Waals surface area contributed by atoms with Crippen molar-refractivity contribution in [3.05, 3.63) is 113 Å². The number of urea groups is 1. The van der Waals surface area contributed by atoms with Gasteiger partial charge in [0.1, 0.15) is 17.3 Å². The maximum absolute atomic E-state index is 13.7. The van der Waals surface area contributed by atoms with Crippen LogP contribution < -0.4 is 15.6 Å². The van der Waals surface area contributed by atoms with Crippen molar-refractivity contribution in [3.63, 3.8) is 0 Å². The Balaban J connectivity index is 1.76. The van der Waals surface area contributed by atoms with Crippen molar-refractivity contribution in [1.82, 2.24) is 9.55 Å². The van der Waals surface area contributed by atoms with Crippen LogP contribution in [0.4, 0.5) is 26.4 Å². The second kappa shape index (κ2) is 9.38. The first-order valence-electron chi connectivity index (χ1n) is 11.3. The van der Waals surface area contributed by atoms with Crippen LogP contribution in [0, 0.1) is 12.7 Å². The molecule has 35 heavy (non-hydrogen) atoms. The van der Waals surface area contributed by atoms with Crippen LogP contribution in [0.25, 0.3) is 16.7 Å². The highest BCUT2D eigenvalue weighted by Gasteiger charge is 2.25. The number of carbonyl (C=O) groups excluding carboxylic acids is 1. The number of benzene rings is 2. The van der Waals surface area contributed by atoms with E-state index in [1.165, 1.54) is 35.2 Å². The van der Waals surface area contributed by atoms with E-state index in [4.69, 9.17) is 0 Å². The predicted molar refractivity (Wildman–Crippen MR) is 137 cm³/mol. The number of anilines is 3. The number of amides is 2. The number of nitrogens with zero attached hydrogens (tertiary/aromatic N) is 3. The van der Waals surface area contributed by atoms with E-state index in [0.29, 0.717) is 28.2 Å². The van der Waals surface area contributed by atoms with Gasteiger partial charge in [0.05, 0.1) is 11.1 Å². The van der Waals surface area contributed by atoms with Crippen LogP contribution in [0.1, 0.15) is 18.4 Å². The molecule has 7 heteroatoms. The van der Waals surface area contributed by atoms with Gasteiger partial charge in [-0.3, -0.25) is 9.36 Å². The number of hydrogen-bond donors (Lipinski definition) is 1. The van der Waals surface area contributed by atoms with Crippen LogP contribution in [-0.4, -0.2) is 15.6 Å². The predicted octanol–water partition coefficient (Wildman–Crippen LogP) is 6.41. The lowest BCUT2D eigenvalue weighted by Gasteiger charge is -2.29. The fourth-order valence-corrected chi connectivity index (χ4v) is 4.25. The SMILES string of the molecule is Cc1ccnc2c1c(=O)cc(N(C(=O)Nc1ccc(F)cc1)c1ccccc1)n2C1=CC=CCC1. The standard InChI is InChI=1S/C28H23FN4O2/c1-19-16-17-30-27-26(19)24(34)18-25(32(27)22-8-4-2-5-9-22)33(23-10-6-3-7-11-23)28(35)31-21-14-12-20(29)13-15-21/h2-4,6-8,10-18H,5,9H2,1H3,(H,31,35). The molecule has 0 atom stereocenters. The summed E-state index contributed by atoms with van der Waals surface area (Å²) >= 11 is 0. The third-order valence-electron chi connectivity index (χ3n) is 5.91. The van der Waals surface area contributed by atoms with Crippen molar-refractivity contribution >= 4 is 40.0 Å². The summed E-state index contributed by atoms with van der Waals surface area (Å²) < 4.78 is 15.3. The summed E-state index contributed by atoms with van der Waals surface area (Å²) in [6.45, 7) is 1.88. The van der Waals surface area contributed by atoms with Crippen LogP contribution in [0.5, 0.6) is 0 Å². The molecule has 2 aromatic heterocycles. The molecule has 1 N–H and O–H groups in total. The van der Waals surface area contributed by atoms with E-state index in [1.807, 2.05) is 41.8 Å². The normalized spacial score (nSPS) is 12.9. The van der Waals surface area contributed by atoms with E-state index >= 15 is 0 Å². The minimum absolute atomic E-state index is 0.223. The van der Waals surface area contributed by atoms with Crippen molar-refractivity contribution in [2.45, 2.75) is 19.8 Å². The number of rotatable bonds is 4. The molecule has 2 heterocycles. The highest BCUT2D eigenvalue weighted by Crippen LogP contribution is 2.33. The number of para-hydroxylation sites is 1. The Labute approximate surface area is 201 Å². The van der Waals surface area contributed by atoms with Crippen molar-refractivity contribution < 1.29 is 9.18 Å². The van der Waals surface area contributed by atoms with Gasteiger partial charge in [-0.2, -0.15) is 0 Å². The molecule has 1 aliphatic carbocycles. The summed E-state index contributed by atoms with van der Waals surface area (Å²) in [5.74, 6) is -0.0296. The molecule has 0 saturated carbocycles. The summed E-state index contributed by atoms with van der Waals surface area (Å²) in [6.07, 6.45) is 9.23. The lowest BCUT2D eigenvalue weighted by atomic mass is 10.1. The third-order valence-corrected chi connectivity index (χ3v) is 5.91. The number of allylic oxidation sites excluding steroid dienone is 4. The molecule has 0 saturated heterocycles. The van der Waals surface area contributed by atoms with Gasteiger partial charge in [0.2, 0.25) is 0 Å². The third kappa shape index (κ3) is 4.36. The number of aryl methyl sites for hydroxylation is 1. The first-order valence-corrected chi connectivity index (χ1v) is 11.3. The van der Waals surface area contributed by atoms with Gasteiger partial charge in [-0.1, -0.05) is 30.4 Å². The Morgan fingerprint density at radius 2 is 1.86 bits per heavy atom. The fourth-order valence-electron chi connectivity index (χ4n) is 4.25. The van der Waals surface area contributed by atoms with Gasteiger partial charge in [0.25, 0.3) is 0 Å². The van der Waals surface area contributed by atoms with E-state index in [-0.39, 0.29) is 5.43 Å². The summed E-state index contributed by atoms with van der Waals surface area (Å²) in [7, 11) is 0. The van der Waals surface area contributed by atoms with E-state index in [0.717, 1.165) is 24.1 Å². The van der Waals surface area contributed by atoms with Crippen LogP contribution in [-0.2, 0) is 0 Å². The molecule has 0 aliphatic heterocycles. The smallest absolute Gasteiger partial charge is 0.307 e. The number of nitrogens with one attached hydrogen (secondary N) is 1. The lowest BCUT2D eigenvalue weighted by Crippen LogP contribution is -2.34. The molecule has 0 fully saturated rings. The van der Waals surface area contributed by atoms with Gasteiger partial charge in [0, 0.05) is 23.6 Å². The Morgan fingerprint density at radius 3 is 2.57 bits per heavy atom. The molecular weight excluding hydrogens is 443 g/mol. The number of carbonyl (C=O) groups is 1. The number of pyridine rings is 2. The maximum atomic E-state index is 13.7. The summed E-state index contributed by atoms with van der Waals surface area (Å²) in [4.78, 5) is 33.0. The molecule has 2 aromatic carbocycles. The molecule has 5 rings (SSSR count). The molecule has 0 bridgehead atoms. The van der Waals surface area contributed by atoms with Crippen LogP contribution in [0.2, 0.25) is 0 Å². The fraction of sp³-hybridized carbons (Fsp3) is 0.107. The highest BCUT2D eigenvalue weighted by molar-refractivity contribution is 6.07. The van der Waals surface area contributed by atoms with Crippen molar-refractivity contribution in [2.75, 3.05) is 10.2 Å². The van der Waals surface area contributed by atoms with Gasteiger partial charge in [-0.25, -0.2) is 19.1 Å². The first kappa shape index (κ1) is 22.3. The number of aromatic nitrogens is 2. The van der Waals surface area contributed by atoms with Gasteiger partial charge in [-0.05, 0) is 73.9 Å². The molecule has 2 amide bonds. The molecule has 1 aliphatic rings. The Hall–Kier alpha value is -4.52. The summed E-state index contributed by atoms with van der Waals surface area (Å²) in [5, 5.41) is 3.34. The van der Waals surface area contributed by atoms with E-state index in [1.54, 1.807) is 24.4 Å². The molecule has 0 radical (unpaired) electrons. The van der Waals surface area contributed by atoms with E-state index in [9.17, 15) is 14.0 Å². The zero-order chi connectivity index (χ0) is 24.4. The maximum Gasteiger partial charge on any atom is 0.332 e. The zero-order valence-electron chi connectivity index (χ0n) is 19.1. The second-order valence-corrected chi connectivity index (χ2v) is 8.26. The number of halogens is 1. The molecule has 174 valence electrons. The summed E-state index contributed by atoms with van der Waals surface area (Å²) in [6, 6.07) is 17.4. The van der Waals surface area contributed by atoms with E-state index in [2.05, 4.69) is 16.4 Å². The Morgan fingerprint density at radius 1 is 1.09 bits per heavy atom. The molecule has 0 unspecified atom stereocenters. The average Bonchev–Trinajstić information content (AvgIpc) is 2.87. The van der Waals surface area contributed by atoms with Gasteiger partial charge in [-0.15, -0.1) is 0 Å². The highest BCUT2D eigenvalue weighted by atomic mass is 19.1. The second-order valence-electron chi connectivity index (χ2n) is 8.26. The van der Waals surface area contributed by atoms with Crippen LogP contribution in [0.15, 0.2) is 95.9 Å². The number of fused-ring (bicyclic) bond motifs is 1.